The normalized spacial score (nSPS) is 26.6. The Morgan fingerprint density at radius 3 is 3.00 bits per heavy atom. The lowest BCUT2D eigenvalue weighted by atomic mass is 9.78. The first kappa shape index (κ1) is 17.9. The highest BCUT2D eigenvalue weighted by molar-refractivity contribution is 7.10. The van der Waals surface area contributed by atoms with E-state index in [4.69, 9.17) is 0 Å². The van der Waals surface area contributed by atoms with E-state index < -0.39 is 17.2 Å². The van der Waals surface area contributed by atoms with E-state index in [-0.39, 0.29) is 17.5 Å². The zero-order valence-electron chi connectivity index (χ0n) is 15.4. The van der Waals surface area contributed by atoms with Crippen molar-refractivity contribution in [3.63, 3.8) is 0 Å². The lowest BCUT2D eigenvalue weighted by Gasteiger charge is -2.40. The molecule has 0 radical (unpaired) electrons. The van der Waals surface area contributed by atoms with Crippen LogP contribution in [-0.4, -0.2) is 29.2 Å². The van der Waals surface area contributed by atoms with Gasteiger partial charge in [0.2, 0.25) is 0 Å². The molecule has 1 aliphatic carbocycles. The molecule has 1 N–H and O–H groups in total. The summed E-state index contributed by atoms with van der Waals surface area (Å²) in [4.78, 5) is 14.5. The van der Waals surface area contributed by atoms with E-state index in [0.29, 0.717) is 12.1 Å². The number of benzene rings is 1. The van der Waals surface area contributed by atoms with Crippen molar-refractivity contribution in [2.45, 2.75) is 50.1 Å². The largest absolute Gasteiger partial charge is 0.306 e. The molecule has 146 valence electrons. The Kier molecular flexibility index (Phi) is 4.32. The maximum atomic E-state index is 14.5. The third-order valence-electron chi connectivity index (χ3n) is 6.10. The molecule has 3 heterocycles. The van der Waals surface area contributed by atoms with Gasteiger partial charge in [0.1, 0.15) is 17.2 Å². The molecule has 4 nitrogen and oxygen atoms in total. The fourth-order valence-corrected chi connectivity index (χ4v) is 5.94. The van der Waals surface area contributed by atoms with Gasteiger partial charge in [-0.3, -0.25) is 4.79 Å². The fraction of sp³-hybridized carbons (Fsp3) is 0.429. The predicted molar refractivity (Wildman–Crippen MR) is 104 cm³/mol. The summed E-state index contributed by atoms with van der Waals surface area (Å²) in [5, 5.41) is 11.5. The van der Waals surface area contributed by atoms with Crippen molar-refractivity contribution in [2.75, 3.05) is 6.54 Å². The van der Waals surface area contributed by atoms with Crippen LogP contribution in [0.1, 0.15) is 48.1 Å². The molecule has 1 spiro atoms. The quantitative estimate of drug-likeness (QED) is 0.828. The minimum atomic E-state index is -0.586. The maximum Gasteiger partial charge on any atom is 0.260 e. The molecule has 1 amide bonds. The summed E-state index contributed by atoms with van der Waals surface area (Å²) in [7, 11) is 0. The van der Waals surface area contributed by atoms with Gasteiger partial charge in [0, 0.05) is 16.9 Å². The van der Waals surface area contributed by atoms with E-state index >= 15 is 0 Å². The summed E-state index contributed by atoms with van der Waals surface area (Å²) in [5.74, 6) is -1.08. The highest BCUT2D eigenvalue weighted by Gasteiger charge is 2.51. The molecular formula is C21H21F2N3OS. The Morgan fingerprint density at radius 1 is 1.29 bits per heavy atom. The first-order valence-corrected chi connectivity index (χ1v) is 10.6. The lowest BCUT2D eigenvalue weighted by molar-refractivity contribution is -0.139. The Balaban J connectivity index is 1.62. The number of halogens is 2. The second-order valence-electron chi connectivity index (χ2n) is 7.81. The zero-order chi connectivity index (χ0) is 19.3. The van der Waals surface area contributed by atoms with Crippen molar-refractivity contribution in [3.05, 3.63) is 57.3 Å². The van der Waals surface area contributed by atoms with Crippen LogP contribution in [0.2, 0.25) is 0 Å². The molecule has 2 atom stereocenters. The van der Waals surface area contributed by atoms with E-state index in [1.165, 1.54) is 11.6 Å². The fourth-order valence-electron chi connectivity index (χ4n) is 4.77. The standard InChI is InChI=1S/C21H21F2N3OS/c22-14-5-6-16(23)15(11-14)18-12-21(8-1-3-13-7-10-28-19(13)21)26(25-18)20(27)17-4-2-9-24-17/h5-7,10-11,17,24H,1-4,8-9,12H2/t17-,21?/m0/s1. The molecule has 2 aliphatic heterocycles. The van der Waals surface area contributed by atoms with Crippen molar-refractivity contribution in [3.8, 4) is 0 Å². The van der Waals surface area contributed by atoms with Crippen LogP contribution in [0.4, 0.5) is 8.78 Å². The van der Waals surface area contributed by atoms with Gasteiger partial charge in [-0.15, -0.1) is 11.3 Å². The van der Waals surface area contributed by atoms with Gasteiger partial charge in [0.15, 0.2) is 0 Å². The molecule has 5 rings (SSSR count). The second kappa shape index (κ2) is 6.74. The van der Waals surface area contributed by atoms with E-state index in [0.717, 1.165) is 55.7 Å². The molecule has 0 saturated carbocycles. The topological polar surface area (TPSA) is 44.7 Å². The number of fused-ring (bicyclic) bond motifs is 2. The van der Waals surface area contributed by atoms with Crippen LogP contribution >= 0.6 is 11.3 Å². The molecule has 1 saturated heterocycles. The van der Waals surface area contributed by atoms with Crippen LogP contribution in [0, 0.1) is 11.6 Å². The van der Waals surface area contributed by atoms with Gasteiger partial charge >= 0.3 is 0 Å². The van der Waals surface area contributed by atoms with Gasteiger partial charge < -0.3 is 5.32 Å². The van der Waals surface area contributed by atoms with E-state index in [9.17, 15) is 13.6 Å². The first-order valence-electron chi connectivity index (χ1n) is 9.76. The van der Waals surface area contributed by atoms with Crippen LogP contribution in [-0.2, 0) is 16.8 Å². The molecule has 7 heteroatoms. The summed E-state index contributed by atoms with van der Waals surface area (Å²) in [6.45, 7) is 0.816. The number of nitrogens with one attached hydrogen (secondary N) is 1. The van der Waals surface area contributed by atoms with E-state index in [1.54, 1.807) is 16.3 Å². The van der Waals surface area contributed by atoms with Crippen LogP contribution in [0.3, 0.4) is 0 Å². The molecule has 1 unspecified atom stereocenters. The van der Waals surface area contributed by atoms with Gasteiger partial charge in [-0.25, -0.2) is 13.8 Å². The Hall–Kier alpha value is -2.12. The lowest BCUT2D eigenvalue weighted by Crippen LogP contribution is -2.50. The van der Waals surface area contributed by atoms with Crippen molar-refractivity contribution in [1.82, 2.24) is 10.3 Å². The molecule has 28 heavy (non-hydrogen) atoms. The highest BCUT2D eigenvalue weighted by Crippen LogP contribution is 2.49. The smallest absolute Gasteiger partial charge is 0.260 e. The molecule has 0 bridgehead atoms. The molecule has 1 fully saturated rings. The zero-order valence-corrected chi connectivity index (χ0v) is 16.2. The summed E-state index contributed by atoms with van der Waals surface area (Å²) in [6, 6.07) is 5.26. The number of carbonyl (C=O) groups excluding carboxylic acids is 1. The Morgan fingerprint density at radius 2 is 2.18 bits per heavy atom. The maximum absolute atomic E-state index is 14.5. The van der Waals surface area contributed by atoms with Gasteiger partial charge in [-0.05, 0) is 73.9 Å². The van der Waals surface area contributed by atoms with Crippen LogP contribution in [0.15, 0.2) is 34.7 Å². The first-order chi connectivity index (χ1) is 13.6. The molecule has 1 aromatic carbocycles. The number of aryl methyl sites for hydroxylation is 1. The van der Waals surface area contributed by atoms with Crippen LogP contribution in [0.25, 0.3) is 0 Å². The number of carbonyl (C=O) groups is 1. The minimum absolute atomic E-state index is 0.0643. The Bertz CT molecular complexity index is 966. The predicted octanol–water partition coefficient (Wildman–Crippen LogP) is 3.95. The van der Waals surface area contributed by atoms with Crippen LogP contribution in [0.5, 0.6) is 0 Å². The summed E-state index contributed by atoms with van der Waals surface area (Å²) < 4.78 is 28.3. The highest BCUT2D eigenvalue weighted by atomic mass is 32.1. The molecular weight excluding hydrogens is 380 g/mol. The monoisotopic (exact) mass is 401 g/mol. The van der Waals surface area contributed by atoms with Crippen molar-refractivity contribution >= 4 is 23.0 Å². The van der Waals surface area contributed by atoms with E-state index in [1.807, 2.05) is 0 Å². The van der Waals surface area contributed by atoms with Gasteiger partial charge in [0.05, 0.1) is 11.8 Å². The van der Waals surface area contributed by atoms with Crippen molar-refractivity contribution < 1.29 is 13.6 Å². The number of thiophene rings is 1. The minimum Gasteiger partial charge on any atom is -0.306 e. The second-order valence-corrected chi connectivity index (χ2v) is 8.72. The van der Waals surface area contributed by atoms with E-state index in [2.05, 4.69) is 21.9 Å². The average Bonchev–Trinajstić information content (AvgIpc) is 3.43. The average molecular weight is 401 g/mol. The summed E-state index contributed by atoms with van der Waals surface area (Å²) in [6.07, 6.45) is 4.86. The van der Waals surface area contributed by atoms with Crippen molar-refractivity contribution in [1.29, 1.82) is 0 Å². The summed E-state index contributed by atoms with van der Waals surface area (Å²) >= 11 is 1.63. The summed E-state index contributed by atoms with van der Waals surface area (Å²) in [5.41, 5.74) is 1.25. The number of hydrogen-bond donors (Lipinski definition) is 1. The third-order valence-corrected chi connectivity index (χ3v) is 7.25. The van der Waals surface area contributed by atoms with Crippen molar-refractivity contribution in [2.24, 2.45) is 5.10 Å². The number of amides is 1. The SMILES string of the molecule is O=C([C@@H]1CCCN1)N1N=C(c2cc(F)ccc2F)CC12CCCc1ccsc12. The van der Waals surface area contributed by atoms with Gasteiger partial charge in [-0.2, -0.15) is 5.10 Å². The van der Waals surface area contributed by atoms with Gasteiger partial charge in [-0.1, -0.05) is 0 Å². The Labute approximate surface area is 166 Å². The van der Waals surface area contributed by atoms with Gasteiger partial charge in [0.25, 0.3) is 5.91 Å². The number of nitrogens with zero attached hydrogens (tertiary/aromatic N) is 2. The number of hydrazone groups is 1. The molecule has 2 aromatic rings. The third kappa shape index (κ3) is 2.71. The molecule has 3 aliphatic rings. The van der Waals surface area contributed by atoms with Crippen LogP contribution < -0.4 is 5.32 Å². The number of hydrogen-bond acceptors (Lipinski definition) is 4. The molecule has 1 aromatic heterocycles. The number of rotatable bonds is 2.